The molecule has 1 aliphatic heterocycles. The molecule has 0 radical (unpaired) electrons. The zero-order valence-corrected chi connectivity index (χ0v) is 16.7. The minimum absolute atomic E-state index is 0. The molecule has 0 aromatic rings. The Kier molecular flexibility index (Phi) is 10.8. The summed E-state index contributed by atoms with van der Waals surface area (Å²) in [6.07, 6.45) is 3.97. The maximum absolute atomic E-state index is 11.7. The lowest BCUT2D eigenvalue weighted by Crippen LogP contribution is -2.49. The van der Waals surface area contributed by atoms with E-state index in [0.29, 0.717) is 5.96 Å². The van der Waals surface area contributed by atoms with Gasteiger partial charge < -0.3 is 20.9 Å². The first-order valence-corrected chi connectivity index (χ1v) is 7.88. The Hall–Kier alpha value is -0.570. The molecule has 0 bridgehead atoms. The fourth-order valence-electron chi connectivity index (χ4n) is 2.36. The van der Waals surface area contributed by atoms with Gasteiger partial charge in [-0.1, -0.05) is 6.42 Å². The van der Waals surface area contributed by atoms with Crippen molar-refractivity contribution in [2.24, 2.45) is 4.99 Å². The highest BCUT2D eigenvalue weighted by Crippen LogP contribution is 2.07. The normalized spacial score (nSPS) is 16.6. The third-order valence-corrected chi connectivity index (χ3v) is 3.32. The van der Waals surface area contributed by atoms with Crippen LogP contribution in [0.1, 0.15) is 40.0 Å². The van der Waals surface area contributed by atoms with E-state index in [2.05, 4.69) is 25.8 Å². The number of carbonyl (C=O) groups excluding carboxylic acids is 1. The number of guanidine groups is 1. The Balaban J connectivity index is 0.00000441. The van der Waals surface area contributed by atoms with Crippen LogP contribution >= 0.6 is 24.0 Å². The number of hydrogen-bond acceptors (Lipinski definition) is 3. The molecule has 1 fully saturated rings. The van der Waals surface area contributed by atoms with Crippen LogP contribution in [-0.2, 0) is 4.79 Å². The molecule has 1 amide bonds. The van der Waals surface area contributed by atoms with Crippen LogP contribution in [0.2, 0.25) is 0 Å². The van der Waals surface area contributed by atoms with E-state index in [1.807, 2.05) is 20.8 Å². The first-order valence-electron chi connectivity index (χ1n) is 7.88. The second-order valence-electron chi connectivity index (χ2n) is 6.55. The van der Waals surface area contributed by atoms with Crippen molar-refractivity contribution in [3.8, 4) is 0 Å². The lowest BCUT2D eigenvalue weighted by Gasteiger charge is -2.26. The number of halogens is 1. The number of amides is 1. The van der Waals surface area contributed by atoms with Crippen molar-refractivity contribution in [1.29, 1.82) is 0 Å². The van der Waals surface area contributed by atoms with Gasteiger partial charge in [-0.05, 0) is 46.7 Å². The number of carbonyl (C=O) groups is 1. The molecule has 1 aliphatic rings. The minimum Gasteiger partial charge on any atom is -0.355 e. The molecule has 130 valence electrons. The van der Waals surface area contributed by atoms with E-state index in [1.165, 1.54) is 32.4 Å². The van der Waals surface area contributed by atoms with Crippen molar-refractivity contribution in [3.63, 3.8) is 0 Å². The lowest BCUT2D eigenvalue weighted by molar-refractivity contribution is -0.121. The van der Waals surface area contributed by atoms with Gasteiger partial charge in [0, 0.05) is 25.7 Å². The molecule has 0 unspecified atom stereocenters. The van der Waals surface area contributed by atoms with Crippen LogP contribution in [0.3, 0.4) is 0 Å². The van der Waals surface area contributed by atoms with Crippen LogP contribution in [0.15, 0.2) is 4.99 Å². The first kappa shape index (κ1) is 21.4. The van der Waals surface area contributed by atoms with Crippen molar-refractivity contribution < 1.29 is 4.79 Å². The first-order chi connectivity index (χ1) is 9.90. The van der Waals surface area contributed by atoms with E-state index in [1.54, 1.807) is 7.05 Å². The average molecular weight is 425 g/mol. The lowest BCUT2D eigenvalue weighted by atomic mass is 10.1. The number of nitrogens with one attached hydrogen (secondary N) is 3. The van der Waals surface area contributed by atoms with Crippen LogP contribution in [0.4, 0.5) is 0 Å². The van der Waals surface area contributed by atoms with Gasteiger partial charge in [0.1, 0.15) is 0 Å². The molecule has 22 heavy (non-hydrogen) atoms. The van der Waals surface area contributed by atoms with E-state index in [-0.39, 0.29) is 42.0 Å². The Morgan fingerprint density at radius 1 is 1.14 bits per heavy atom. The molecule has 1 rings (SSSR count). The highest BCUT2D eigenvalue weighted by atomic mass is 127. The number of nitrogens with zero attached hydrogens (tertiary/aromatic N) is 2. The van der Waals surface area contributed by atoms with Crippen LogP contribution < -0.4 is 16.0 Å². The van der Waals surface area contributed by atoms with Gasteiger partial charge in [0.25, 0.3) is 0 Å². The second kappa shape index (κ2) is 11.0. The Morgan fingerprint density at radius 3 is 2.32 bits per heavy atom. The van der Waals surface area contributed by atoms with E-state index in [9.17, 15) is 4.79 Å². The third kappa shape index (κ3) is 10.2. The molecule has 0 aliphatic carbocycles. The smallest absolute Gasteiger partial charge is 0.239 e. The summed E-state index contributed by atoms with van der Waals surface area (Å²) < 4.78 is 0. The van der Waals surface area contributed by atoms with Gasteiger partial charge in [0.15, 0.2) is 5.96 Å². The van der Waals surface area contributed by atoms with Gasteiger partial charge >= 0.3 is 0 Å². The standard InChI is InChI=1S/C15H31N5O.HI/c1-15(2,3)19-13(21)12-18-14(16-4)17-8-11-20-9-6-5-7-10-20;/h5-12H2,1-4H3,(H,19,21)(H2,16,17,18);1H. The molecule has 3 N–H and O–H groups in total. The summed E-state index contributed by atoms with van der Waals surface area (Å²) in [6.45, 7) is 10.4. The highest BCUT2D eigenvalue weighted by Gasteiger charge is 2.14. The molecule has 0 aromatic carbocycles. The largest absolute Gasteiger partial charge is 0.355 e. The maximum atomic E-state index is 11.7. The van der Waals surface area contributed by atoms with E-state index >= 15 is 0 Å². The van der Waals surface area contributed by atoms with E-state index in [4.69, 9.17) is 0 Å². The molecule has 6 nitrogen and oxygen atoms in total. The number of hydrogen-bond donors (Lipinski definition) is 3. The van der Waals surface area contributed by atoms with Crippen LogP contribution in [0.5, 0.6) is 0 Å². The summed E-state index contributed by atoms with van der Waals surface area (Å²) in [6, 6.07) is 0. The van der Waals surface area contributed by atoms with Gasteiger partial charge in [-0.15, -0.1) is 24.0 Å². The average Bonchev–Trinajstić information content (AvgIpc) is 2.42. The fourth-order valence-corrected chi connectivity index (χ4v) is 2.36. The number of likely N-dealkylation sites (tertiary alicyclic amines) is 1. The second-order valence-corrected chi connectivity index (χ2v) is 6.55. The maximum Gasteiger partial charge on any atom is 0.239 e. The minimum atomic E-state index is -0.204. The Bertz CT molecular complexity index is 348. The summed E-state index contributed by atoms with van der Waals surface area (Å²) in [5, 5.41) is 9.20. The van der Waals surface area contributed by atoms with Gasteiger partial charge in [-0.2, -0.15) is 0 Å². The van der Waals surface area contributed by atoms with Gasteiger partial charge in [0.2, 0.25) is 5.91 Å². The van der Waals surface area contributed by atoms with E-state index < -0.39 is 0 Å². The Labute approximate surface area is 151 Å². The molecule has 0 saturated carbocycles. The number of piperidine rings is 1. The summed E-state index contributed by atoms with van der Waals surface area (Å²) in [5.41, 5.74) is -0.204. The highest BCUT2D eigenvalue weighted by molar-refractivity contribution is 14.0. The van der Waals surface area contributed by atoms with Crippen LogP contribution in [0, 0.1) is 0 Å². The monoisotopic (exact) mass is 425 g/mol. The SMILES string of the molecule is CN=C(NCCN1CCCCC1)NCC(=O)NC(C)(C)C.I. The molecule has 1 saturated heterocycles. The molecular weight excluding hydrogens is 393 g/mol. The van der Waals surface area contributed by atoms with Crippen LogP contribution in [0.25, 0.3) is 0 Å². The van der Waals surface area contributed by atoms with Crippen molar-refractivity contribution in [2.45, 2.75) is 45.6 Å². The summed E-state index contributed by atoms with van der Waals surface area (Å²) >= 11 is 0. The zero-order valence-electron chi connectivity index (χ0n) is 14.4. The Morgan fingerprint density at radius 2 is 1.77 bits per heavy atom. The van der Waals surface area contributed by atoms with Crippen molar-refractivity contribution in [2.75, 3.05) is 39.8 Å². The summed E-state index contributed by atoms with van der Waals surface area (Å²) in [7, 11) is 1.72. The third-order valence-electron chi connectivity index (χ3n) is 3.32. The van der Waals surface area contributed by atoms with Crippen molar-refractivity contribution in [1.82, 2.24) is 20.9 Å². The summed E-state index contributed by atoms with van der Waals surface area (Å²) in [4.78, 5) is 18.3. The van der Waals surface area contributed by atoms with Crippen molar-refractivity contribution in [3.05, 3.63) is 0 Å². The van der Waals surface area contributed by atoms with Gasteiger partial charge in [0.05, 0.1) is 6.54 Å². The predicted octanol–water partition coefficient (Wildman–Crippen LogP) is 1.17. The van der Waals surface area contributed by atoms with Crippen molar-refractivity contribution >= 4 is 35.8 Å². The molecule has 7 heteroatoms. The van der Waals surface area contributed by atoms with Gasteiger partial charge in [-0.25, -0.2) is 0 Å². The predicted molar refractivity (Wildman–Crippen MR) is 103 cm³/mol. The molecule has 0 aromatic heterocycles. The molecule has 0 atom stereocenters. The molecule has 1 heterocycles. The summed E-state index contributed by atoms with van der Waals surface area (Å²) in [5.74, 6) is 0.651. The quantitative estimate of drug-likeness (QED) is 0.352. The molecular formula is C15H32IN5O. The van der Waals surface area contributed by atoms with Gasteiger partial charge in [-0.3, -0.25) is 9.79 Å². The molecule has 0 spiro atoms. The zero-order chi connectivity index (χ0) is 15.7. The van der Waals surface area contributed by atoms with E-state index in [0.717, 1.165) is 13.1 Å². The number of aliphatic imine (C=N–C) groups is 1. The fraction of sp³-hybridized carbons (Fsp3) is 0.867. The topological polar surface area (TPSA) is 68.8 Å². The number of rotatable bonds is 5. The van der Waals surface area contributed by atoms with Crippen LogP contribution in [-0.4, -0.2) is 62.1 Å².